The quantitative estimate of drug-likeness (QED) is 0.852. The van der Waals surface area contributed by atoms with E-state index < -0.39 is 28.4 Å². The van der Waals surface area contributed by atoms with E-state index in [1.165, 1.54) is 4.57 Å². The number of fused-ring (bicyclic) bond motifs is 1. The Labute approximate surface area is 109 Å². The Hall–Kier alpha value is -1.57. The van der Waals surface area contributed by atoms with E-state index in [1.807, 2.05) is 0 Å². The predicted molar refractivity (Wildman–Crippen MR) is 66.7 cm³/mol. The van der Waals surface area contributed by atoms with E-state index in [0.717, 1.165) is 21.3 Å². The Morgan fingerprint density at radius 2 is 1.74 bits per heavy atom. The summed E-state index contributed by atoms with van der Waals surface area (Å²) in [6.07, 6.45) is -4.60. The minimum Gasteiger partial charge on any atom is -0.285 e. The molecule has 2 aromatic heterocycles. The first kappa shape index (κ1) is 13.9. The summed E-state index contributed by atoms with van der Waals surface area (Å²) in [5.41, 5.74) is -2.42. The summed E-state index contributed by atoms with van der Waals surface area (Å²) in [7, 11) is 0. The maximum absolute atomic E-state index is 12.9. The van der Waals surface area contributed by atoms with E-state index in [9.17, 15) is 22.8 Å². The molecule has 19 heavy (non-hydrogen) atoms. The lowest BCUT2D eigenvalue weighted by Crippen LogP contribution is -2.39. The summed E-state index contributed by atoms with van der Waals surface area (Å²) in [5, 5.41) is 0.471. The van der Waals surface area contributed by atoms with Gasteiger partial charge in [0.25, 0.3) is 5.56 Å². The third-order valence-electron chi connectivity index (χ3n) is 2.88. The highest BCUT2D eigenvalue weighted by molar-refractivity contribution is 7.17. The van der Waals surface area contributed by atoms with Gasteiger partial charge in [0.05, 0.1) is 10.9 Å². The van der Waals surface area contributed by atoms with Crippen LogP contribution in [-0.2, 0) is 19.3 Å². The van der Waals surface area contributed by atoms with Crippen LogP contribution >= 0.6 is 11.3 Å². The fraction of sp³-hybridized carbons (Fsp3) is 0.455. The molecule has 0 aliphatic carbocycles. The average molecular weight is 292 g/mol. The second-order valence-electron chi connectivity index (χ2n) is 3.90. The zero-order valence-corrected chi connectivity index (χ0v) is 11.1. The van der Waals surface area contributed by atoms with Crippen LogP contribution in [0.3, 0.4) is 0 Å². The zero-order valence-electron chi connectivity index (χ0n) is 10.2. The van der Waals surface area contributed by atoms with Crippen LogP contribution in [0, 0.1) is 0 Å². The van der Waals surface area contributed by atoms with Crippen LogP contribution in [0.15, 0.2) is 15.0 Å². The molecule has 2 rings (SSSR count). The van der Waals surface area contributed by atoms with Crippen LogP contribution in [-0.4, -0.2) is 9.13 Å². The molecule has 8 heteroatoms. The van der Waals surface area contributed by atoms with Crippen molar-refractivity contribution in [3.8, 4) is 0 Å². The minimum atomic E-state index is -4.60. The largest absolute Gasteiger partial charge is 0.418 e. The number of rotatable bonds is 2. The molecular weight excluding hydrogens is 281 g/mol. The van der Waals surface area contributed by atoms with Crippen LogP contribution in [0.1, 0.15) is 19.4 Å². The second-order valence-corrected chi connectivity index (χ2v) is 4.76. The van der Waals surface area contributed by atoms with Crippen LogP contribution < -0.4 is 11.2 Å². The SMILES string of the molecule is CCn1c(=O)c2c(C(F)(F)F)csc2n(CC)c1=O. The number of hydrogen-bond acceptors (Lipinski definition) is 3. The van der Waals surface area contributed by atoms with Gasteiger partial charge in [-0.3, -0.25) is 13.9 Å². The van der Waals surface area contributed by atoms with Crippen LogP contribution in [0.5, 0.6) is 0 Å². The van der Waals surface area contributed by atoms with Crippen molar-refractivity contribution in [1.29, 1.82) is 0 Å². The highest BCUT2D eigenvalue weighted by Gasteiger charge is 2.36. The molecule has 0 aliphatic heterocycles. The molecule has 0 aromatic carbocycles. The number of hydrogen-bond donors (Lipinski definition) is 0. The summed E-state index contributed by atoms with van der Waals surface area (Å²) in [6.45, 7) is 3.46. The van der Waals surface area contributed by atoms with Crippen molar-refractivity contribution in [3.05, 3.63) is 31.8 Å². The lowest BCUT2D eigenvalue weighted by molar-refractivity contribution is -0.136. The first-order valence-corrected chi connectivity index (χ1v) is 6.52. The van der Waals surface area contributed by atoms with Crippen LogP contribution in [0.25, 0.3) is 10.2 Å². The molecule has 0 spiro atoms. The number of nitrogens with zero attached hydrogens (tertiary/aromatic N) is 2. The van der Waals surface area contributed by atoms with Gasteiger partial charge in [-0.15, -0.1) is 11.3 Å². The third kappa shape index (κ3) is 1.99. The van der Waals surface area contributed by atoms with Gasteiger partial charge in [-0.1, -0.05) is 0 Å². The normalized spacial score (nSPS) is 12.3. The topological polar surface area (TPSA) is 44.0 Å². The molecule has 0 atom stereocenters. The van der Waals surface area contributed by atoms with E-state index in [4.69, 9.17) is 0 Å². The van der Waals surface area contributed by atoms with E-state index in [2.05, 4.69) is 0 Å². The first-order chi connectivity index (χ1) is 8.82. The van der Waals surface area contributed by atoms with Gasteiger partial charge in [0.2, 0.25) is 0 Å². The zero-order chi connectivity index (χ0) is 14.4. The summed E-state index contributed by atoms with van der Waals surface area (Å²) in [6, 6.07) is 0. The molecule has 2 aromatic rings. The highest BCUT2D eigenvalue weighted by Crippen LogP contribution is 2.36. The Morgan fingerprint density at radius 1 is 1.16 bits per heavy atom. The predicted octanol–water partition coefficient (Wildman–Crippen LogP) is 2.28. The van der Waals surface area contributed by atoms with Gasteiger partial charge in [-0.2, -0.15) is 13.2 Å². The fourth-order valence-corrected chi connectivity index (χ4v) is 3.10. The molecule has 0 bridgehead atoms. The Bertz CT molecular complexity index is 739. The molecule has 0 aliphatic rings. The first-order valence-electron chi connectivity index (χ1n) is 5.64. The fourth-order valence-electron chi connectivity index (χ4n) is 1.97. The molecule has 0 N–H and O–H groups in total. The molecular formula is C11H11F3N2O2S. The lowest BCUT2D eigenvalue weighted by atomic mass is 10.2. The molecule has 0 fully saturated rings. The number of thiophene rings is 1. The van der Waals surface area contributed by atoms with E-state index >= 15 is 0 Å². The number of aryl methyl sites for hydroxylation is 1. The van der Waals surface area contributed by atoms with E-state index in [-0.39, 0.29) is 17.9 Å². The minimum absolute atomic E-state index is 0.0424. The van der Waals surface area contributed by atoms with Crippen LogP contribution in [0.2, 0.25) is 0 Å². The number of halogens is 3. The number of aromatic nitrogens is 2. The van der Waals surface area contributed by atoms with Gasteiger partial charge in [-0.25, -0.2) is 4.79 Å². The van der Waals surface area contributed by atoms with Crippen molar-refractivity contribution in [1.82, 2.24) is 9.13 Å². The Kier molecular flexibility index (Phi) is 3.29. The van der Waals surface area contributed by atoms with Crippen molar-refractivity contribution in [2.24, 2.45) is 0 Å². The standard InChI is InChI=1S/C11H11F3N2O2S/c1-3-15-8(17)7-6(11(12,13)14)5-19-9(7)16(4-2)10(15)18/h5H,3-4H2,1-2H3. The maximum atomic E-state index is 12.9. The smallest absolute Gasteiger partial charge is 0.285 e. The van der Waals surface area contributed by atoms with E-state index in [0.29, 0.717) is 0 Å². The van der Waals surface area contributed by atoms with Gasteiger partial charge in [0.1, 0.15) is 4.83 Å². The van der Waals surface area contributed by atoms with Gasteiger partial charge < -0.3 is 0 Å². The monoisotopic (exact) mass is 292 g/mol. The van der Waals surface area contributed by atoms with Gasteiger partial charge in [0.15, 0.2) is 0 Å². The van der Waals surface area contributed by atoms with Crippen molar-refractivity contribution in [3.63, 3.8) is 0 Å². The van der Waals surface area contributed by atoms with Crippen molar-refractivity contribution >= 4 is 21.6 Å². The van der Waals surface area contributed by atoms with Gasteiger partial charge >= 0.3 is 11.9 Å². The van der Waals surface area contributed by atoms with Crippen molar-refractivity contribution < 1.29 is 13.2 Å². The van der Waals surface area contributed by atoms with Crippen LogP contribution in [0.4, 0.5) is 13.2 Å². The van der Waals surface area contributed by atoms with Gasteiger partial charge in [0, 0.05) is 18.5 Å². The lowest BCUT2D eigenvalue weighted by Gasteiger charge is -2.10. The summed E-state index contributed by atoms with van der Waals surface area (Å²) in [5.74, 6) is 0. The average Bonchev–Trinajstić information content (AvgIpc) is 2.74. The second kappa shape index (κ2) is 4.52. The summed E-state index contributed by atoms with van der Waals surface area (Å²) >= 11 is 0.769. The summed E-state index contributed by atoms with van der Waals surface area (Å²) < 4.78 is 40.6. The molecule has 0 saturated heterocycles. The molecule has 4 nitrogen and oxygen atoms in total. The molecule has 0 unspecified atom stereocenters. The molecule has 2 heterocycles. The summed E-state index contributed by atoms with van der Waals surface area (Å²) in [4.78, 5) is 24.1. The molecule has 104 valence electrons. The molecule has 0 saturated carbocycles. The Morgan fingerprint density at radius 3 is 2.21 bits per heavy atom. The van der Waals surface area contributed by atoms with Gasteiger partial charge in [-0.05, 0) is 13.8 Å². The third-order valence-corrected chi connectivity index (χ3v) is 3.88. The van der Waals surface area contributed by atoms with Crippen molar-refractivity contribution in [2.75, 3.05) is 0 Å². The maximum Gasteiger partial charge on any atom is 0.418 e. The van der Waals surface area contributed by atoms with Crippen molar-refractivity contribution in [2.45, 2.75) is 33.1 Å². The Balaban J connectivity index is 3.04. The number of alkyl halides is 3. The molecule has 0 amide bonds. The molecule has 0 radical (unpaired) electrons. The van der Waals surface area contributed by atoms with E-state index in [1.54, 1.807) is 13.8 Å². The highest BCUT2D eigenvalue weighted by atomic mass is 32.1.